The number of nitrogens with zero attached hydrogens (tertiary/aromatic N) is 1. The Bertz CT molecular complexity index is 673. The van der Waals surface area contributed by atoms with Gasteiger partial charge in [0.25, 0.3) is 0 Å². The van der Waals surface area contributed by atoms with Gasteiger partial charge in [0, 0.05) is 18.8 Å². The lowest BCUT2D eigenvalue weighted by Gasteiger charge is -2.33. The standard InChI is InChI=1S/C18H23F3N4/c1-23-16-15(17(19,20)21)11-24-18(22,25-16)14-9-7-13(8-10-14)12-5-3-2-4-6-12/h7-12,23,25H,2-6,22H2,1H3. The molecule has 136 valence electrons. The third kappa shape index (κ3) is 3.66. The number of nitrogens with two attached hydrogens (primary N) is 1. The van der Waals surface area contributed by atoms with Crippen LogP contribution in [0.2, 0.25) is 0 Å². The van der Waals surface area contributed by atoms with Crippen LogP contribution in [0, 0.1) is 0 Å². The fourth-order valence-corrected chi connectivity index (χ4v) is 3.53. The predicted octanol–water partition coefficient (Wildman–Crippen LogP) is 3.47. The molecule has 25 heavy (non-hydrogen) atoms. The van der Waals surface area contributed by atoms with E-state index in [1.54, 1.807) is 0 Å². The molecule has 2 aliphatic rings. The lowest BCUT2D eigenvalue weighted by atomic mass is 9.83. The smallest absolute Gasteiger partial charge is 0.374 e. The van der Waals surface area contributed by atoms with Crippen LogP contribution in [0.5, 0.6) is 0 Å². The van der Waals surface area contributed by atoms with Gasteiger partial charge in [0.2, 0.25) is 5.79 Å². The molecule has 0 aromatic heterocycles. The molecule has 7 heteroatoms. The van der Waals surface area contributed by atoms with Crippen LogP contribution < -0.4 is 16.4 Å². The maximum Gasteiger partial charge on any atom is 0.421 e. The summed E-state index contributed by atoms with van der Waals surface area (Å²) in [5.41, 5.74) is 7.24. The Kier molecular flexibility index (Phi) is 4.77. The van der Waals surface area contributed by atoms with Gasteiger partial charge in [-0.3, -0.25) is 5.73 Å². The number of hydrogen-bond acceptors (Lipinski definition) is 4. The van der Waals surface area contributed by atoms with Crippen molar-refractivity contribution in [3.8, 4) is 0 Å². The van der Waals surface area contributed by atoms with E-state index in [-0.39, 0.29) is 5.82 Å². The average molecular weight is 352 g/mol. The summed E-state index contributed by atoms with van der Waals surface area (Å²) in [5.74, 6) is -1.04. The number of nitrogens with one attached hydrogen (secondary N) is 2. The molecular formula is C18H23F3N4. The summed E-state index contributed by atoms with van der Waals surface area (Å²) in [7, 11) is 1.42. The quantitative estimate of drug-likeness (QED) is 0.781. The van der Waals surface area contributed by atoms with E-state index in [1.807, 2.05) is 24.3 Å². The van der Waals surface area contributed by atoms with E-state index >= 15 is 0 Å². The fraction of sp³-hybridized carbons (Fsp3) is 0.500. The monoisotopic (exact) mass is 352 g/mol. The minimum absolute atomic E-state index is 0.179. The van der Waals surface area contributed by atoms with Gasteiger partial charge in [0.15, 0.2) is 0 Å². The second-order valence-electron chi connectivity index (χ2n) is 6.64. The normalized spacial score (nSPS) is 25.0. The first-order valence-corrected chi connectivity index (χ1v) is 8.55. The first-order valence-electron chi connectivity index (χ1n) is 8.55. The molecule has 1 aromatic rings. The maximum atomic E-state index is 13.0. The number of aliphatic imine (C=N–C) groups is 1. The molecule has 1 aliphatic carbocycles. The molecule has 1 saturated carbocycles. The lowest BCUT2D eigenvalue weighted by Crippen LogP contribution is -2.53. The Morgan fingerprint density at radius 2 is 1.80 bits per heavy atom. The Balaban J connectivity index is 1.82. The summed E-state index contributed by atoms with van der Waals surface area (Å²) >= 11 is 0. The highest BCUT2D eigenvalue weighted by atomic mass is 19.4. The van der Waals surface area contributed by atoms with Gasteiger partial charge in [-0.05, 0) is 24.3 Å². The van der Waals surface area contributed by atoms with E-state index in [9.17, 15) is 13.2 Å². The summed E-state index contributed by atoms with van der Waals surface area (Å²) in [6.45, 7) is 0. The summed E-state index contributed by atoms with van der Waals surface area (Å²) in [5, 5.41) is 5.21. The van der Waals surface area contributed by atoms with Crippen LogP contribution in [0.3, 0.4) is 0 Å². The zero-order valence-corrected chi connectivity index (χ0v) is 14.2. The summed E-state index contributed by atoms with van der Waals surface area (Å²) in [6.07, 6.45) is 2.44. The average Bonchev–Trinajstić information content (AvgIpc) is 2.61. The molecule has 0 amide bonds. The highest BCUT2D eigenvalue weighted by molar-refractivity contribution is 5.82. The van der Waals surface area contributed by atoms with Crippen molar-refractivity contribution in [2.75, 3.05) is 7.05 Å². The van der Waals surface area contributed by atoms with Crippen LogP contribution in [0.25, 0.3) is 0 Å². The number of hydrogen-bond donors (Lipinski definition) is 3. The maximum absolute atomic E-state index is 13.0. The third-order valence-electron chi connectivity index (χ3n) is 4.96. The Hall–Kier alpha value is -2.02. The molecule has 4 N–H and O–H groups in total. The Morgan fingerprint density at radius 3 is 2.36 bits per heavy atom. The molecule has 0 radical (unpaired) electrons. The topological polar surface area (TPSA) is 62.4 Å². The molecule has 1 aliphatic heterocycles. The van der Waals surface area contributed by atoms with Crippen molar-refractivity contribution >= 4 is 6.21 Å². The number of rotatable bonds is 3. The second-order valence-corrected chi connectivity index (χ2v) is 6.64. The summed E-state index contributed by atoms with van der Waals surface area (Å²) < 4.78 is 39.1. The van der Waals surface area contributed by atoms with Crippen molar-refractivity contribution in [3.05, 3.63) is 46.8 Å². The van der Waals surface area contributed by atoms with Crippen molar-refractivity contribution < 1.29 is 13.2 Å². The third-order valence-corrected chi connectivity index (χ3v) is 4.96. The van der Waals surface area contributed by atoms with E-state index in [1.165, 1.54) is 44.7 Å². The molecule has 0 saturated heterocycles. The summed E-state index contributed by atoms with van der Waals surface area (Å²) in [6, 6.07) is 7.72. The van der Waals surface area contributed by atoms with Crippen LogP contribution in [0.4, 0.5) is 13.2 Å². The number of benzene rings is 1. The van der Waals surface area contributed by atoms with Gasteiger partial charge in [-0.2, -0.15) is 13.2 Å². The lowest BCUT2D eigenvalue weighted by molar-refractivity contribution is -0.0875. The van der Waals surface area contributed by atoms with Crippen molar-refractivity contribution in [1.29, 1.82) is 0 Å². The predicted molar refractivity (Wildman–Crippen MR) is 91.9 cm³/mol. The van der Waals surface area contributed by atoms with E-state index < -0.39 is 17.5 Å². The largest absolute Gasteiger partial charge is 0.421 e. The van der Waals surface area contributed by atoms with Crippen molar-refractivity contribution in [3.63, 3.8) is 0 Å². The fourth-order valence-electron chi connectivity index (χ4n) is 3.53. The van der Waals surface area contributed by atoms with Crippen molar-refractivity contribution in [1.82, 2.24) is 10.6 Å². The van der Waals surface area contributed by atoms with E-state index in [0.29, 0.717) is 11.5 Å². The molecule has 3 rings (SSSR count). The minimum Gasteiger partial charge on any atom is -0.374 e. The van der Waals surface area contributed by atoms with Crippen LogP contribution in [0.15, 0.2) is 40.7 Å². The Morgan fingerprint density at radius 1 is 1.16 bits per heavy atom. The Labute approximate surface area is 145 Å². The van der Waals surface area contributed by atoms with Crippen LogP contribution in [-0.2, 0) is 5.79 Å². The zero-order chi connectivity index (χ0) is 18.1. The van der Waals surface area contributed by atoms with Gasteiger partial charge >= 0.3 is 6.18 Å². The number of allylic oxidation sites excluding steroid dienone is 1. The molecule has 0 spiro atoms. The molecular weight excluding hydrogens is 329 g/mol. The van der Waals surface area contributed by atoms with Gasteiger partial charge in [0.1, 0.15) is 11.4 Å². The molecule has 4 nitrogen and oxygen atoms in total. The van der Waals surface area contributed by atoms with Gasteiger partial charge in [-0.15, -0.1) is 0 Å². The second kappa shape index (κ2) is 6.71. The van der Waals surface area contributed by atoms with Crippen molar-refractivity contribution in [2.45, 2.75) is 50.0 Å². The first kappa shape index (κ1) is 17.8. The highest BCUT2D eigenvalue weighted by Gasteiger charge is 2.41. The molecule has 1 aromatic carbocycles. The number of alkyl halides is 3. The molecule has 1 atom stereocenters. The van der Waals surface area contributed by atoms with Gasteiger partial charge in [-0.25, -0.2) is 4.99 Å². The summed E-state index contributed by atoms with van der Waals surface area (Å²) in [4.78, 5) is 3.94. The first-order chi connectivity index (χ1) is 11.8. The molecule has 0 bridgehead atoms. The number of halogens is 3. The minimum atomic E-state index is -4.50. The van der Waals surface area contributed by atoms with Gasteiger partial charge in [0.05, 0.1) is 0 Å². The molecule has 1 heterocycles. The van der Waals surface area contributed by atoms with Crippen LogP contribution in [-0.4, -0.2) is 19.4 Å². The van der Waals surface area contributed by atoms with Crippen molar-refractivity contribution in [2.24, 2.45) is 10.7 Å². The van der Waals surface area contributed by atoms with Gasteiger partial charge in [-0.1, -0.05) is 43.5 Å². The van der Waals surface area contributed by atoms with E-state index in [0.717, 1.165) is 6.21 Å². The zero-order valence-electron chi connectivity index (χ0n) is 14.2. The van der Waals surface area contributed by atoms with Gasteiger partial charge < -0.3 is 10.6 Å². The van der Waals surface area contributed by atoms with Crippen LogP contribution >= 0.6 is 0 Å². The molecule has 1 fully saturated rings. The highest BCUT2D eigenvalue weighted by Crippen LogP contribution is 2.34. The van der Waals surface area contributed by atoms with E-state index in [4.69, 9.17) is 5.73 Å². The van der Waals surface area contributed by atoms with E-state index in [2.05, 4.69) is 15.6 Å². The SMILES string of the molecule is CNC1=C(C(F)(F)F)C=NC(N)(c2ccc(C3CCCCC3)cc2)N1. The van der Waals surface area contributed by atoms with Crippen LogP contribution in [0.1, 0.15) is 49.1 Å². The molecule has 1 unspecified atom stereocenters.